The fourth-order valence-corrected chi connectivity index (χ4v) is 2.67. The average molecular weight is 320 g/mol. The van der Waals surface area contributed by atoms with Gasteiger partial charge in [0.2, 0.25) is 0 Å². The Morgan fingerprint density at radius 1 is 1.16 bits per heavy atom. The molecule has 0 aliphatic carbocycles. The van der Waals surface area contributed by atoms with Crippen molar-refractivity contribution in [1.29, 1.82) is 0 Å². The number of benzene rings is 1. The average Bonchev–Trinajstić information content (AvgIpc) is 2.34. The lowest BCUT2D eigenvalue weighted by molar-refractivity contribution is 0.850. The van der Waals surface area contributed by atoms with E-state index < -0.39 is 0 Å². The van der Waals surface area contributed by atoms with Crippen LogP contribution in [0, 0.1) is 13.8 Å². The fraction of sp³-hybridized carbons (Fsp3) is 0.333. The molecule has 0 bridgehead atoms. The van der Waals surface area contributed by atoms with Crippen molar-refractivity contribution in [1.82, 2.24) is 9.97 Å². The lowest BCUT2D eigenvalue weighted by Gasteiger charge is -2.10. The SMILES string of the molecule is Cc1nc(Cc2cccc(Br)c2)nc(C)c1CCN. The first kappa shape index (κ1) is 14.2. The van der Waals surface area contributed by atoms with Crippen LogP contribution in [0.2, 0.25) is 0 Å². The molecular formula is C15H18BrN3. The number of aryl methyl sites for hydroxylation is 2. The van der Waals surface area contributed by atoms with Crippen molar-refractivity contribution in [3.8, 4) is 0 Å². The molecule has 2 aromatic rings. The van der Waals surface area contributed by atoms with E-state index in [1.54, 1.807) is 0 Å². The highest BCUT2D eigenvalue weighted by Gasteiger charge is 2.08. The summed E-state index contributed by atoms with van der Waals surface area (Å²) in [7, 11) is 0. The summed E-state index contributed by atoms with van der Waals surface area (Å²) in [5, 5.41) is 0. The molecule has 2 rings (SSSR count). The molecule has 0 spiro atoms. The van der Waals surface area contributed by atoms with Crippen LogP contribution in [-0.4, -0.2) is 16.5 Å². The van der Waals surface area contributed by atoms with Crippen molar-refractivity contribution in [2.24, 2.45) is 5.73 Å². The number of nitrogens with zero attached hydrogens (tertiary/aromatic N) is 2. The van der Waals surface area contributed by atoms with Gasteiger partial charge in [-0.2, -0.15) is 0 Å². The topological polar surface area (TPSA) is 51.8 Å². The number of rotatable bonds is 4. The quantitative estimate of drug-likeness (QED) is 0.942. The van der Waals surface area contributed by atoms with E-state index in [0.717, 1.165) is 34.5 Å². The summed E-state index contributed by atoms with van der Waals surface area (Å²) < 4.78 is 1.08. The third kappa shape index (κ3) is 3.61. The van der Waals surface area contributed by atoms with E-state index in [4.69, 9.17) is 5.73 Å². The van der Waals surface area contributed by atoms with Crippen LogP contribution in [0.3, 0.4) is 0 Å². The van der Waals surface area contributed by atoms with Gasteiger partial charge in [0.15, 0.2) is 0 Å². The molecule has 0 atom stereocenters. The molecule has 0 fully saturated rings. The summed E-state index contributed by atoms with van der Waals surface area (Å²) in [6.45, 7) is 4.70. The molecule has 100 valence electrons. The Morgan fingerprint density at radius 3 is 2.42 bits per heavy atom. The van der Waals surface area contributed by atoms with Crippen LogP contribution in [-0.2, 0) is 12.8 Å². The van der Waals surface area contributed by atoms with Crippen LogP contribution < -0.4 is 5.73 Å². The molecule has 0 saturated carbocycles. The van der Waals surface area contributed by atoms with Crippen molar-refractivity contribution < 1.29 is 0 Å². The minimum atomic E-state index is 0.635. The molecule has 1 aromatic carbocycles. The van der Waals surface area contributed by atoms with Crippen molar-refractivity contribution in [3.63, 3.8) is 0 Å². The van der Waals surface area contributed by atoms with E-state index in [1.165, 1.54) is 11.1 Å². The second-order valence-corrected chi connectivity index (χ2v) is 5.55. The van der Waals surface area contributed by atoms with Crippen molar-refractivity contribution in [2.75, 3.05) is 6.54 Å². The number of halogens is 1. The van der Waals surface area contributed by atoms with Gasteiger partial charge in [0.05, 0.1) is 0 Å². The largest absolute Gasteiger partial charge is 0.330 e. The maximum Gasteiger partial charge on any atom is 0.133 e. The normalized spacial score (nSPS) is 10.7. The van der Waals surface area contributed by atoms with Gasteiger partial charge in [0, 0.05) is 22.3 Å². The Hall–Kier alpha value is -1.26. The lowest BCUT2D eigenvalue weighted by atomic mass is 10.1. The van der Waals surface area contributed by atoms with Crippen LogP contribution in [0.25, 0.3) is 0 Å². The maximum absolute atomic E-state index is 5.62. The van der Waals surface area contributed by atoms with Gasteiger partial charge in [-0.05, 0) is 50.1 Å². The van der Waals surface area contributed by atoms with Crippen molar-refractivity contribution >= 4 is 15.9 Å². The minimum absolute atomic E-state index is 0.635. The molecule has 0 aliphatic rings. The first-order valence-electron chi connectivity index (χ1n) is 6.37. The van der Waals surface area contributed by atoms with Crippen molar-refractivity contribution in [3.05, 3.63) is 57.1 Å². The summed E-state index contributed by atoms with van der Waals surface area (Å²) in [6.07, 6.45) is 1.60. The Kier molecular flexibility index (Phi) is 4.66. The Balaban J connectivity index is 2.27. The number of nitrogens with two attached hydrogens (primary N) is 1. The molecule has 4 heteroatoms. The predicted molar refractivity (Wildman–Crippen MR) is 81.2 cm³/mol. The Bertz CT molecular complexity index is 558. The molecule has 1 aromatic heterocycles. The second kappa shape index (κ2) is 6.26. The van der Waals surface area contributed by atoms with E-state index >= 15 is 0 Å². The molecule has 19 heavy (non-hydrogen) atoms. The molecule has 1 heterocycles. The van der Waals surface area contributed by atoms with E-state index in [2.05, 4.69) is 38.0 Å². The van der Waals surface area contributed by atoms with Gasteiger partial charge in [0.25, 0.3) is 0 Å². The smallest absolute Gasteiger partial charge is 0.133 e. The summed E-state index contributed by atoms with van der Waals surface area (Å²) in [4.78, 5) is 9.19. The van der Waals surface area contributed by atoms with Gasteiger partial charge in [0.1, 0.15) is 5.82 Å². The van der Waals surface area contributed by atoms with Crippen molar-refractivity contribution in [2.45, 2.75) is 26.7 Å². The molecule has 3 nitrogen and oxygen atoms in total. The lowest BCUT2D eigenvalue weighted by Crippen LogP contribution is -2.10. The third-order valence-corrected chi connectivity index (χ3v) is 3.61. The summed E-state index contributed by atoms with van der Waals surface area (Å²) >= 11 is 3.48. The van der Waals surface area contributed by atoms with Crippen LogP contribution in [0.5, 0.6) is 0 Å². The summed E-state index contributed by atoms with van der Waals surface area (Å²) in [5.74, 6) is 0.869. The molecule has 0 unspecified atom stereocenters. The van der Waals surface area contributed by atoms with Gasteiger partial charge >= 0.3 is 0 Å². The number of hydrogen-bond acceptors (Lipinski definition) is 3. The first-order chi connectivity index (χ1) is 9.10. The van der Waals surface area contributed by atoms with E-state index in [-0.39, 0.29) is 0 Å². The fourth-order valence-electron chi connectivity index (χ4n) is 2.22. The molecule has 0 radical (unpaired) electrons. The third-order valence-electron chi connectivity index (χ3n) is 3.11. The molecule has 2 N–H and O–H groups in total. The van der Waals surface area contributed by atoms with Gasteiger partial charge < -0.3 is 5.73 Å². The monoisotopic (exact) mass is 319 g/mol. The van der Waals surface area contributed by atoms with E-state index in [0.29, 0.717) is 6.54 Å². The maximum atomic E-state index is 5.62. The molecule has 0 saturated heterocycles. The van der Waals surface area contributed by atoms with E-state index in [9.17, 15) is 0 Å². The van der Waals surface area contributed by atoms with Crippen LogP contribution in [0.4, 0.5) is 0 Å². The zero-order valence-electron chi connectivity index (χ0n) is 11.3. The predicted octanol–water partition coefficient (Wildman–Crippen LogP) is 2.95. The number of aromatic nitrogens is 2. The Labute approximate surface area is 122 Å². The van der Waals surface area contributed by atoms with Gasteiger partial charge in [-0.15, -0.1) is 0 Å². The summed E-state index contributed by atoms with van der Waals surface area (Å²) in [6, 6.07) is 8.24. The molecular weight excluding hydrogens is 302 g/mol. The van der Waals surface area contributed by atoms with Crippen LogP contribution in [0.1, 0.15) is 28.3 Å². The number of hydrogen-bond donors (Lipinski definition) is 1. The summed E-state index contributed by atoms with van der Waals surface area (Å²) in [5.41, 5.74) is 10.1. The second-order valence-electron chi connectivity index (χ2n) is 4.63. The highest BCUT2D eigenvalue weighted by molar-refractivity contribution is 9.10. The van der Waals surface area contributed by atoms with Gasteiger partial charge in [-0.1, -0.05) is 28.1 Å². The van der Waals surface area contributed by atoms with Crippen LogP contribution in [0.15, 0.2) is 28.7 Å². The Morgan fingerprint density at radius 2 is 1.84 bits per heavy atom. The van der Waals surface area contributed by atoms with Crippen LogP contribution >= 0.6 is 15.9 Å². The zero-order valence-corrected chi connectivity index (χ0v) is 12.9. The van der Waals surface area contributed by atoms with Gasteiger partial charge in [-0.25, -0.2) is 9.97 Å². The standard InChI is InChI=1S/C15H18BrN3/c1-10-14(6-7-17)11(2)19-15(18-10)9-12-4-3-5-13(16)8-12/h3-5,8H,6-7,9,17H2,1-2H3. The van der Waals surface area contributed by atoms with E-state index in [1.807, 2.05) is 26.0 Å². The molecule has 0 amide bonds. The highest BCUT2D eigenvalue weighted by Crippen LogP contribution is 2.16. The minimum Gasteiger partial charge on any atom is -0.330 e. The zero-order chi connectivity index (χ0) is 13.8. The molecule has 0 aliphatic heterocycles. The first-order valence-corrected chi connectivity index (χ1v) is 7.17. The highest BCUT2D eigenvalue weighted by atomic mass is 79.9. The van der Waals surface area contributed by atoms with Gasteiger partial charge in [-0.3, -0.25) is 0 Å².